The fraction of sp³-hybridized carbons (Fsp3) is 0.217. The molecule has 0 aliphatic heterocycles. The van der Waals surface area contributed by atoms with Gasteiger partial charge >= 0.3 is 5.97 Å². The molecule has 4 rings (SSSR count). The highest BCUT2D eigenvalue weighted by Gasteiger charge is 2.18. The number of fused-ring (bicyclic) bond motifs is 1. The molecule has 9 heteroatoms. The van der Waals surface area contributed by atoms with Gasteiger partial charge in [0.1, 0.15) is 5.76 Å². The van der Waals surface area contributed by atoms with Crippen LogP contribution in [0.1, 0.15) is 36.2 Å². The van der Waals surface area contributed by atoms with E-state index >= 15 is 0 Å². The molecule has 7 nitrogen and oxygen atoms in total. The Morgan fingerprint density at radius 2 is 2.03 bits per heavy atom. The minimum Gasteiger partial charge on any atom is -0.467 e. The van der Waals surface area contributed by atoms with Gasteiger partial charge in [-0.2, -0.15) is 0 Å². The lowest BCUT2D eigenvalue weighted by atomic mass is 10.1. The third-order valence-electron chi connectivity index (χ3n) is 4.91. The van der Waals surface area contributed by atoms with E-state index in [1.807, 2.05) is 19.9 Å². The molecule has 0 saturated heterocycles. The summed E-state index contributed by atoms with van der Waals surface area (Å²) < 4.78 is 11.7. The Bertz CT molecular complexity index is 1370. The molecule has 0 unspecified atom stereocenters. The van der Waals surface area contributed by atoms with Crippen LogP contribution in [0.15, 0.2) is 57.0 Å². The average molecular weight is 469 g/mol. The first-order valence-electron chi connectivity index (χ1n) is 9.75. The number of rotatable bonds is 7. The first-order chi connectivity index (χ1) is 15.4. The molecular weight excluding hydrogens is 448 g/mol. The summed E-state index contributed by atoms with van der Waals surface area (Å²) in [7, 11) is 1.29. The van der Waals surface area contributed by atoms with Gasteiger partial charge in [0, 0.05) is 15.3 Å². The molecule has 0 fully saturated rings. The van der Waals surface area contributed by atoms with Gasteiger partial charge in [-0.3, -0.25) is 14.2 Å². The molecule has 164 valence electrons. The predicted octanol–water partition coefficient (Wildman–Crippen LogP) is 4.48. The van der Waals surface area contributed by atoms with Crippen molar-refractivity contribution in [3.63, 3.8) is 0 Å². The van der Waals surface area contributed by atoms with E-state index in [4.69, 9.17) is 9.15 Å². The molecule has 3 aromatic heterocycles. The average Bonchev–Trinajstić information content (AvgIpc) is 3.42. The van der Waals surface area contributed by atoms with Gasteiger partial charge in [0.15, 0.2) is 10.9 Å². The number of aromatic nitrogens is 2. The van der Waals surface area contributed by atoms with E-state index in [0.717, 1.165) is 9.75 Å². The molecule has 32 heavy (non-hydrogen) atoms. The van der Waals surface area contributed by atoms with Crippen LogP contribution in [0.25, 0.3) is 10.9 Å². The monoisotopic (exact) mass is 468 g/mol. The highest BCUT2D eigenvalue weighted by Crippen LogP contribution is 2.25. The summed E-state index contributed by atoms with van der Waals surface area (Å²) in [6.45, 7) is 4.07. The topological polar surface area (TPSA) is 91.4 Å². The molecular formula is C23H20N2O5S2. The van der Waals surface area contributed by atoms with E-state index in [2.05, 4.69) is 4.98 Å². The van der Waals surface area contributed by atoms with Gasteiger partial charge in [-0.25, -0.2) is 9.78 Å². The number of ether oxygens (including phenoxy) is 1. The number of thioether (sulfide) groups is 1. The van der Waals surface area contributed by atoms with E-state index in [1.54, 1.807) is 29.5 Å². The van der Waals surface area contributed by atoms with Crippen LogP contribution in [-0.4, -0.2) is 34.2 Å². The van der Waals surface area contributed by atoms with Crippen molar-refractivity contribution in [3.05, 3.63) is 79.7 Å². The number of Topliss-reactive ketones (excluding diaryl/α,β-unsaturated/α-hetero) is 1. The van der Waals surface area contributed by atoms with Crippen molar-refractivity contribution in [2.45, 2.75) is 25.5 Å². The lowest BCUT2D eigenvalue weighted by Gasteiger charge is -2.12. The molecule has 3 heterocycles. The van der Waals surface area contributed by atoms with Crippen LogP contribution >= 0.6 is 23.1 Å². The van der Waals surface area contributed by atoms with Crippen molar-refractivity contribution in [2.75, 3.05) is 12.9 Å². The zero-order chi connectivity index (χ0) is 22.8. The molecule has 0 radical (unpaired) electrons. The van der Waals surface area contributed by atoms with Crippen molar-refractivity contribution in [2.24, 2.45) is 0 Å². The number of hydrogen-bond acceptors (Lipinski definition) is 8. The third-order valence-corrected chi connectivity index (χ3v) is 6.85. The maximum atomic E-state index is 13.3. The fourth-order valence-corrected chi connectivity index (χ4v) is 5.19. The predicted molar refractivity (Wildman–Crippen MR) is 124 cm³/mol. The van der Waals surface area contributed by atoms with Crippen LogP contribution < -0.4 is 5.56 Å². The van der Waals surface area contributed by atoms with Gasteiger partial charge < -0.3 is 9.15 Å². The second-order valence-electron chi connectivity index (χ2n) is 7.13. The van der Waals surface area contributed by atoms with E-state index in [9.17, 15) is 14.4 Å². The van der Waals surface area contributed by atoms with Crippen LogP contribution in [0.3, 0.4) is 0 Å². The fourth-order valence-electron chi connectivity index (χ4n) is 3.37. The van der Waals surface area contributed by atoms with E-state index in [0.29, 0.717) is 32.9 Å². The van der Waals surface area contributed by atoms with Crippen LogP contribution in [-0.2, 0) is 11.3 Å². The Morgan fingerprint density at radius 1 is 1.22 bits per heavy atom. The Morgan fingerprint density at radius 3 is 2.69 bits per heavy atom. The SMILES string of the molecule is COC(=O)c1ccc2c(=O)n(Cc3ccco3)c(SCC(=O)c3cc(C)sc3C)nc2c1. The zero-order valence-corrected chi connectivity index (χ0v) is 19.3. The van der Waals surface area contributed by atoms with Gasteiger partial charge in [0.25, 0.3) is 5.56 Å². The number of methoxy groups -OCH3 is 1. The number of esters is 1. The number of furan rings is 1. The molecule has 0 aliphatic rings. The van der Waals surface area contributed by atoms with Crippen molar-refractivity contribution in [1.82, 2.24) is 9.55 Å². The maximum absolute atomic E-state index is 13.3. The van der Waals surface area contributed by atoms with Gasteiger partial charge in [-0.1, -0.05) is 11.8 Å². The Hall–Kier alpha value is -3.17. The molecule has 0 aliphatic carbocycles. The second kappa shape index (κ2) is 9.13. The standard InChI is InChI=1S/C23H20N2O5S2/c1-13-9-18(14(2)32-13)20(26)12-31-23-24-19-10-15(22(28)29-3)6-7-17(19)21(27)25(23)11-16-5-4-8-30-16/h4-10H,11-12H2,1-3H3. The largest absolute Gasteiger partial charge is 0.467 e. The van der Waals surface area contributed by atoms with Crippen molar-refractivity contribution in [1.29, 1.82) is 0 Å². The van der Waals surface area contributed by atoms with E-state index in [-0.39, 0.29) is 23.6 Å². The van der Waals surface area contributed by atoms with Crippen molar-refractivity contribution < 1.29 is 18.7 Å². The molecule has 0 bridgehead atoms. The Balaban J connectivity index is 1.74. The number of benzene rings is 1. The molecule has 0 spiro atoms. The number of thiophene rings is 1. The zero-order valence-electron chi connectivity index (χ0n) is 17.7. The minimum atomic E-state index is -0.513. The number of carbonyl (C=O) groups is 2. The quantitative estimate of drug-likeness (QED) is 0.171. The summed E-state index contributed by atoms with van der Waals surface area (Å²) in [5, 5.41) is 0.739. The molecule has 4 aromatic rings. The number of carbonyl (C=O) groups excluding carboxylic acids is 2. The first kappa shape index (κ1) is 22.0. The number of nitrogens with zero attached hydrogens (tertiary/aromatic N) is 2. The summed E-state index contributed by atoms with van der Waals surface area (Å²) >= 11 is 2.77. The summed E-state index contributed by atoms with van der Waals surface area (Å²) in [6, 6.07) is 10.0. The van der Waals surface area contributed by atoms with Gasteiger partial charge in [0.2, 0.25) is 0 Å². The number of hydrogen-bond donors (Lipinski definition) is 0. The molecule has 0 atom stereocenters. The van der Waals surface area contributed by atoms with Gasteiger partial charge in [0.05, 0.1) is 42.1 Å². The molecule has 0 saturated carbocycles. The van der Waals surface area contributed by atoms with E-state index < -0.39 is 5.97 Å². The molecule has 1 aromatic carbocycles. The minimum absolute atomic E-state index is 0.0287. The van der Waals surface area contributed by atoms with Crippen LogP contribution in [0, 0.1) is 13.8 Å². The number of ketones is 1. The highest BCUT2D eigenvalue weighted by molar-refractivity contribution is 7.99. The van der Waals surface area contributed by atoms with Gasteiger partial charge in [-0.05, 0) is 50.2 Å². The van der Waals surface area contributed by atoms with Crippen LogP contribution in [0.2, 0.25) is 0 Å². The summed E-state index contributed by atoms with van der Waals surface area (Å²) in [4.78, 5) is 44.6. The lowest BCUT2D eigenvalue weighted by molar-refractivity contribution is 0.0600. The summed E-state index contributed by atoms with van der Waals surface area (Å²) in [6.07, 6.45) is 1.54. The highest BCUT2D eigenvalue weighted by atomic mass is 32.2. The van der Waals surface area contributed by atoms with Crippen molar-refractivity contribution in [3.8, 4) is 0 Å². The Labute approximate surface area is 192 Å². The van der Waals surface area contributed by atoms with Crippen molar-refractivity contribution >= 4 is 45.8 Å². The molecule has 0 N–H and O–H groups in total. The molecule has 0 amide bonds. The first-order valence-corrected chi connectivity index (χ1v) is 11.6. The Kier molecular flexibility index (Phi) is 6.29. The summed E-state index contributed by atoms with van der Waals surface area (Å²) in [5.41, 5.74) is 1.08. The second-order valence-corrected chi connectivity index (χ2v) is 9.53. The van der Waals surface area contributed by atoms with Crippen LogP contribution in [0.4, 0.5) is 0 Å². The smallest absolute Gasteiger partial charge is 0.337 e. The lowest BCUT2D eigenvalue weighted by Crippen LogP contribution is -2.24. The maximum Gasteiger partial charge on any atom is 0.337 e. The number of aryl methyl sites for hydroxylation is 2. The summed E-state index contributed by atoms with van der Waals surface area (Å²) in [5.74, 6) is 0.182. The van der Waals surface area contributed by atoms with Gasteiger partial charge in [-0.15, -0.1) is 11.3 Å². The van der Waals surface area contributed by atoms with E-state index in [1.165, 1.54) is 41.8 Å². The third kappa shape index (κ3) is 4.39. The van der Waals surface area contributed by atoms with Crippen LogP contribution in [0.5, 0.6) is 0 Å². The normalized spacial score (nSPS) is 11.1.